The maximum absolute atomic E-state index is 13.4. The number of anilines is 1. The Kier molecular flexibility index (Phi) is 5.17. The van der Waals surface area contributed by atoms with Crippen molar-refractivity contribution >= 4 is 34.5 Å². The molecule has 0 saturated carbocycles. The van der Waals surface area contributed by atoms with Gasteiger partial charge in [0.05, 0.1) is 18.2 Å². The molecule has 0 aliphatic carbocycles. The predicted octanol–water partition coefficient (Wildman–Crippen LogP) is 4.54. The molecule has 0 radical (unpaired) electrons. The number of ether oxygens (including phenoxy) is 1. The molecule has 0 spiro atoms. The van der Waals surface area contributed by atoms with E-state index in [0.717, 1.165) is 48.2 Å². The lowest BCUT2D eigenvalue weighted by Gasteiger charge is -2.20. The molecule has 1 aromatic heterocycles. The quantitative estimate of drug-likeness (QED) is 0.366. The van der Waals surface area contributed by atoms with Crippen LogP contribution in [0.5, 0.6) is 0 Å². The van der Waals surface area contributed by atoms with Gasteiger partial charge in [0, 0.05) is 18.5 Å². The van der Waals surface area contributed by atoms with Crippen LogP contribution in [0.4, 0.5) is 10.2 Å². The third-order valence-electron chi connectivity index (χ3n) is 4.94. The summed E-state index contributed by atoms with van der Waals surface area (Å²) in [4.78, 5) is 24.1. The molecule has 0 unspecified atom stereocenters. The molecule has 5 nitrogen and oxygen atoms in total. The number of carbonyl (C=O) groups is 1. The van der Waals surface area contributed by atoms with Crippen molar-refractivity contribution in [2.45, 2.75) is 18.0 Å². The van der Waals surface area contributed by atoms with Gasteiger partial charge in [-0.25, -0.2) is 19.2 Å². The summed E-state index contributed by atoms with van der Waals surface area (Å²) in [6, 6.07) is 9.74. The average Bonchev–Trinajstić information content (AvgIpc) is 3.26. The summed E-state index contributed by atoms with van der Waals surface area (Å²) in [6.07, 6.45) is 4.19. The Morgan fingerprint density at radius 3 is 2.50 bits per heavy atom. The van der Waals surface area contributed by atoms with Crippen molar-refractivity contribution < 1.29 is 13.9 Å². The Morgan fingerprint density at radius 2 is 1.86 bits per heavy atom. The van der Waals surface area contributed by atoms with E-state index in [4.69, 9.17) is 9.72 Å². The lowest BCUT2D eigenvalue weighted by molar-refractivity contribution is 0.0602. The lowest BCUT2D eigenvalue weighted by Crippen LogP contribution is -2.20. The highest BCUT2D eigenvalue weighted by Gasteiger charge is 2.22. The highest BCUT2D eigenvalue weighted by Crippen LogP contribution is 2.34. The molecule has 0 atom stereocenters. The number of benzene rings is 2. The number of hydrogen-bond donors (Lipinski definition) is 0. The van der Waals surface area contributed by atoms with Gasteiger partial charge in [-0.1, -0.05) is 23.9 Å². The van der Waals surface area contributed by atoms with Gasteiger partial charge in [-0.15, -0.1) is 0 Å². The van der Waals surface area contributed by atoms with Crippen LogP contribution >= 0.6 is 11.8 Å². The minimum absolute atomic E-state index is 0.326. The van der Waals surface area contributed by atoms with Gasteiger partial charge in [0.15, 0.2) is 5.16 Å². The molecule has 3 aromatic rings. The first-order valence-electron chi connectivity index (χ1n) is 9.09. The number of fused-ring (bicyclic) bond motifs is 1. The van der Waals surface area contributed by atoms with Gasteiger partial charge in [-0.3, -0.25) is 0 Å². The summed E-state index contributed by atoms with van der Waals surface area (Å²) >= 11 is 1.49. The van der Waals surface area contributed by atoms with E-state index in [-0.39, 0.29) is 5.82 Å². The van der Waals surface area contributed by atoms with Crippen LogP contribution in [-0.4, -0.2) is 42.4 Å². The number of aromatic nitrogens is 2. The molecule has 7 heteroatoms. The Bertz CT molecular complexity index is 1030. The fourth-order valence-corrected chi connectivity index (χ4v) is 3.91. The smallest absolute Gasteiger partial charge is 0.338 e. The van der Waals surface area contributed by atoms with Crippen molar-refractivity contribution in [3.8, 4) is 11.1 Å². The topological polar surface area (TPSA) is 55.3 Å². The van der Waals surface area contributed by atoms with E-state index < -0.39 is 5.97 Å². The van der Waals surface area contributed by atoms with E-state index in [2.05, 4.69) is 9.88 Å². The van der Waals surface area contributed by atoms with Crippen molar-refractivity contribution in [3.05, 3.63) is 47.8 Å². The number of thioether (sulfide) groups is 1. The van der Waals surface area contributed by atoms with E-state index in [1.54, 1.807) is 18.2 Å². The Labute approximate surface area is 166 Å². The van der Waals surface area contributed by atoms with Crippen LogP contribution < -0.4 is 4.90 Å². The van der Waals surface area contributed by atoms with E-state index in [1.165, 1.54) is 31.0 Å². The maximum atomic E-state index is 13.4. The number of methoxy groups -OCH3 is 1. The van der Waals surface area contributed by atoms with Gasteiger partial charge in [-0.2, -0.15) is 0 Å². The molecule has 28 heavy (non-hydrogen) atoms. The zero-order valence-corrected chi connectivity index (χ0v) is 16.6. The van der Waals surface area contributed by atoms with Crippen molar-refractivity contribution in [2.75, 3.05) is 31.4 Å². The zero-order valence-electron chi connectivity index (χ0n) is 15.7. The SMILES string of the molecule is COC(=O)c1cc2c(N3CCCC3)nc(SC)nc2cc1-c1ccc(F)cc1. The van der Waals surface area contributed by atoms with Crippen molar-refractivity contribution in [3.63, 3.8) is 0 Å². The first-order chi connectivity index (χ1) is 13.6. The molecule has 1 aliphatic rings. The molecule has 1 fully saturated rings. The summed E-state index contributed by atoms with van der Waals surface area (Å²) in [5.74, 6) is 0.0812. The molecule has 0 amide bonds. The molecule has 2 aromatic carbocycles. The second-order valence-electron chi connectivity index (χ2n) is 6.64. The predicted molar refractivity (Wildman–Crippen MR) is 109 cm³/mol. The van der Waals surface area contributed by atoms with E-state index in [9.17, 15) is 9.18 Å². The second kappa shape index (κ2) is 7.75. The van der Waals surface area contributed by atoms with Crippen LogP contribution in [0.3, 0.4) is 0 Å². The summed E-state index contributed by atoms with van der Waals surface area (Å²) in [7, 11) is 1.36. The van der Waals surface area contributed by atoms with Gasteiger partial charge >= 0.3 is 5.97 Å². The highest BCUT2D eigenvalue weighted by atomic mass is 32.2. The Balaban J connectivity index is 1.98. The van der Waals surface area contributed by atoms with Gasteiger partial charge < -0.3 is 9.64 Å². The van der Waals surface area contributed by atoms with E-state index in [1.807, 2.05) is 12.3 Å². The van der Waals surface area contributed by atoms with Crippen molar-refractivity contribution in [2.24, 2.45) is 0 Å². The fourth-order valence-electron chi connectivity index (χ4n) is 3.55. The van der Waals surface area contributed by atoms with Crippen molar-refractivity contribution in [1.82, 2.24) is 9.97 Å². The third-order valence-corrected chi connectivity index (χ3v) is 5.49. The van der Waals surface area contributed by atoms with Crippen LogP contribution in [0.25, 0.3) is 22.0 Å². The number of halogens is 1. The monoisotopic (exact) mass is 397 g/mol. The van der Waals surface area contributed by atoms with Gasteiger partial charge in [0.25, 0.3) is 0 Å². The van der Waals surface area contributed by atoms with E-state index in [0.29, 0.717) is 16.3 Å². The van der Waals surface area contributed by atoms with E-state index >= 15 is 0 Å². The molecule has 0 bridgehead atoms. The van der Waals surface area contributed by atoms with Crippen LogP contribution in [0.15, 0.2) is 41.6 Å². The minimum atomic E-state index is -0.442. The summed E-state index contributed by atoms with van der Waals surface area (Å²) in [5, 5.41) is 1.51. The third kappa shape index (κ3) is 3.42. The highest BCUT2D eigenvalue weighted by molar-refractivity contribution is 7.98. The zero-order chi connectivity index (χ0) is 19.7. The maximum Gasteiger partial charge on any atom is 0.338 e. The van der Waals surface area contributed by atoms with Crippen LogP contribution in [0, 0.1) is 5.82 Å². The number of nitrogens with zero attached hydrogens (tertiary/aromatic N) is 3. The van der Waals surface area contributed by atoms with Crippen LogP contribution in [0.1, 0.15) is 23.2 Å². The first-order valence-corrected chi connectivity index (χ1v) is 10.3. The lowest BCUT2D eigenvalue weighted by atomic mass is 9.97. The summed E-state index contributed by atoms with van der Waals surface area (Å²) < 4.78 is 18.4. The standard InChI is InChI=1S/C21H20FN3O2S/c1-27-20(26)16-11-17-18(12-15(16)13-5-7-14(22)8-6-13)23-21(28-2)24-19(17)25-9-3-4-10-25/h5-8,11-12H,3-4,9-10H2,1-2H3. The molecule has 144 valence electrons. The van der Waals surface area contributed by atoms with Gasteiger partial charge in [0.1, 0.15) is 11.6 Å². The van der Waals surface area contributed by atoms with Crippen molar-refractivity contribution in [1.29, 1.82) is 0 Å². The molecule has 1 aliphatic heterocycles. The Hall–Kier alpha value is -2.67. The molecule has 1 saturated heterocycles. The van der Waals surface area contributed by atoms with Gasteiger partial charge in [-0.05, 0) is 54.5 Å². The Morgan fingerprint density at radius 1 is 1.14 bits per heavy atom. The largest absolute Gasteiger partial charge is 0.465 e. The molecule has 2 heterocycles. The van der Waals surface area contributed by atoms with Gasteiger partial charge in [0.2, 0.25) is 0 Å². The number of rotatable bonds is 4. The summed E-state index contributed by atoms with van der Waals surface area (Å²) in [5.41, 5.74) is 2.57. The fraction of sp³-hybridized carbons (Fsp3) is 0.286. The van der Waals surface area contributed by atoms with Crippen LogP contribution in [0.2, 0.25) is 0 Å². The number of esters is 1. The first kappa shape index (κ1) is 18.7. The molecule has 4 rings (SSSR count). The van der Waals surface area contributed by atoms with Crippen LogP contribution in [-0.2, 0) is 4.74 Å². The summed E-state index contributed by atoms with van der Waals surface area (Å²) in [6.45, 7) is 1.88. The number of carbonyl (C=O) groups excluding carboxylic acids is 1. The molecular weight excluding hydrogens is 377 g/mol. The molecule has 0 N–H and O–H groups in total. The minimum Gasteiger partial charge on any atom is -0.465 e. The molecular formula is C21H20FN3O2S. The normalized spacial score (nSPS) is 13.9. The average molecular weight is 397 g/mol. The second-order valence-corrected chi connectivity index (χ2v) is 7.41. The number of hydrogen-bond acceptors (Lipinski definition) is 6.